The van der Waals surface area contributed by atoms with Crippen molar-refractivity contribution < 1.29 is 28.8 Å². The molecule has 35 nitrogen and oxygen atoms in total. The van der Waals surface area contributed by atoms with Crippen LogP contribution in [0.25, 0.3) is 0 Å². The molecule has 0 aliphatic rings. The highest BCUT2D eigenvalue weighted by Crippen LogP contribution is 2.08. The fraction of sp³-hybridized carbons (Fsp3) is 0.938. The first kappa shape index (κ1) is 162. The molecular formula is C97H241N29O6. The summed E-state index contributed by atoms with van der Waals surface area (Å²) in [5.41, 5.74) is 52.5. The summed E-state index contributed by atoms with van der Waals surface area (Å²) in [4.78, 5) is 78.5. The average molecular weight is 1910 g/mol. The molecule has 0 spiro atoms. The standard InChI is InChI=1S/C8H20N2.C8H19N.C7H16N2O.4C7H18N2.3C6H14N2O.3C6H16N2.2C5H12N2O/c1-8(2)10(5)7-6-9(3)4;1-6-8(4,5)9-7(2)3;1-5(2)9(4)6(3)7(8)10;1-7(2)8-5-6-9(3)4;1-7(2)9(4)6-5-8-3;1-6(2)9-5-7(3,4)8;1-4-9(6-5-8)7(2)3;1-4(2)8-5(3)6(7)9;2*1-4(2)8-6(9)5(3)7;1-6(2)8(3)5-4-7;1-6(2)8-5-4-7-3;1-5(2)8-6(3)4-7;1-4(2)7-3-5(6)8;1-4(2)7-5(8)3-6/h8H,6-7H2,1-5H3;7,9H,6H2,1-5H3;5-6H,1-4H3,(H2,8,10);2*7-8H,5-6H2,1-4H3;6,9H,5,8H2,1-4H3;7H,4-6,8H2,1-3H3;4-5,8H,1-3H3,(H2,7,9);2*4-5H,7H2,1-3H3,(H,8,9);6H,4-5,7H2,1-3H3;6-8H,4-5H2,1-3H3;5-6,8H,4,7H2,1-3H3;4,7H,3H2,1-2H3,(H2,6,8);4H,3,6H2,1-2H3,(H,7,8). The molecule has 810 valence electrons. The molecule has 0 heterocycles. The Morgan fingerprint density at radius 3 is 0.902 bits per heavy atom. The predicted molar refractivity (Wildman–Crippen MR) is 583 cm³/mol. The highest BCUT2D eigenvalue weighted by atomic mass is 16.2. The van der Waals surface area contributed by atoms with Crippen molar-refractivity contribution >= 4 is 35.4 Å². The van der Waals surface area contributed by atoms with Crippen LogP contribution in [0.15, 0.2) is 0 Å². The van der Waals surface area contributed by atoms with Crippen LogP contribution in [0.5, 0.6) is 0 Å². The monoisotopic (exact) mass is 1910 g/mol. The van der Waals surface area contributed by atoms with Gasteiger partial charge in [-0.1, -0.05) is 111 Å². The highest BCUT2D eigenvalue weighted by Gasteiger charge is 2.18. The summed E-state index contributed by atoms with van der Waals surface area (Å²) in [6, 6.07) is 6.36. The van der Waals surface area contributed by atoms with Gasteiger partial charge in [0.2, 0.25) is 35.4 Å². The van der Waals surface area contributed by atoms with Crippen molar-refractivity contribution in [2.75, 3.05) is 182 Å². The quantitative estimate of drug-likeness (QED) is 0.0353. The molecule has 0 saturated carbocycles. The molecule has 5 unspecified atom stereocenters. The molecule has 35 heteroatoms. The summed E-state index contributed by atoms with van der Waals surface area (Å²) in [5, 5.41) is 36.6. The van der Waals surface area contributed by atoms with Crippen LogP contribution in [-0.2, 0) is 28.8 Å². The zero-order valence-electron chi connectivity index (χ0n) is 96.6. The first-order chi connectivity index (χ1) is 59.9. The van der Waals surface area contributed by atoms with Crippen molar-refractivity contribution in [3.05, 3.63) is 0 Å². The Kier molecular flexibility index (Phi) is 131. The van der Waals surface area contributed by atoms with Crippen molar-refractivity contribution in [3.63, 3.8) is 0 Å². The van der Waals surface area contributed by atoms with E-state index in [1.54, 1.807) is 20.8 Å². The molecule has 32 N–H and O–H groups in total. The number of primary amides is 3. The lowest BCUT2D eigenvalue weighted by Gasteiger charge is -2.27. The van der Waals surface area contributed by atoms with Crippen molar-refractivity contribution in [3.8, 4) is 0 Å². The summed E-state index contributed by atoms with van der Waals surface area (Å²) in [6.45, 7) is 99.6. The van der Waals surface area contributed by atoms with E-state index in [9.17, 15) is 28.8 Å². The molecule has 6 amide bonds. The Hall–Kier alpha value is -4.10. The molecular weight excluding hydrogens is 1670 g/mol. The van der Waals surface area contributed by atoms with Gasteiger partial charge in [0.05, 0.1) is 37.3 Å². The lowest BCUT2D eigenvalue weighted by molar-refractivity contribution is -0.123. The Bertz CT molecular complexity index is 2350. The molecule has 0 bridgehead atoms. The van der Waals surface area contributed by atoms with Crippen LogP contribution in [0.3, 0.4) is 0 Å². The molecule has 0 aromatic carbocycles. The van der Waals surface area contributed by atoms with Gasteiger partial charge >= 0.3 is 0 Å². The number of carbonyl (C=O) groups excluding carboxylic acids is 6. The van der Waals surface area contributed by atoms with E-state index in [1.165, 1.54) is 6.42 Å². The number of nitrogens with two attached hydrogens (primary N) is 10. The van der Waals surface area contributed by atoms with E-state index in [2.05, 4.69) is 302 Å². The smallest absolute Gasteiger partial charge is 0.236 e. The molecule has 0 aromatic heterocycles. The number of hydrogen-bond acceptors (Lipinski definition) is 29. The van der Waals surface area contributed by atoms with E-state index < -0.39 is 12.1 Å². The minimum atomic E-state index is -0.396. The van der Waals surface area contributed by atoms with Gasteiger partial charge in [-0.05, 0) is 257 Å². The van der Waals surface area contributed by atoms with E-state index in [-0.39, 0.29) is 84.3 Å². The third-order valence-corrected chi connectivity index (χ3v) is 17.7. The molecule has 0 rings (SSSR count). The zero-order chi connectivity index (χ0) is 108. The van der Waals surface area contributed by atoms with Crippen LogP contribution in [0.1, 0.15) is 290 Å². The lowest BCUT2D eigenvalue weighted by atomic mass is 10.0. The molecule has 0 saturated heterocycles. The van der Waals surface area contributed by atoms with Crippen LogP contribution in [0.4, 0.5) is 0 Å². The summed E-state index contributed by atoms with van der Waals surface area (Å²) in [5.74, 6) is -1.16. The lowest BCUT2D eigenvalue weighted by Crippen LogP contribution is -2.45. The van der Waals surface area contributed by atoms with E-state index >= 15 is 0 Å². The van der Waals surface area contributed by atoms with Crippen LogP contribution in [0, 0.1) is 0 Å². The van der Waals surface area contributed by atoms with E-state index in [4.69, 9.17) is 57.3 Å². The van der Waals surface area contributed by atoms with Crippen molar-refractivity contribution in [1.82, 2.24) is 98.1 Å². The van der Waals surface area contributed by atoms with Gasteiger partial charge in [-0.2, -0.15) is 0 Å². The number of amides is 6. The normalized spacial score (nSPS) is 12.2. The van der Waals surface area contributed by atoms with Crippen molar-refractivity contribution in [2.24, 2.45) is 57.3 Å². The molecule has 0 radical (unpaired) electrons. The second-order valence-corrected chi connectivity index (χ2v) is 39.7. The minimum absolute atomic E-state index is 0.0791. The maximum Gasteiger partial charge on any atom is 0.236 e. The maximum atomic E-state index is 10.7. The SMILES string of the molecule is CC(C)N(C)C(C)C(N)=O.CC(C)N(C)CCN.CC(C)N(C)CCN(C)C.CC(C)NC(=O)C(C)N.CC(C)NC(=O)C(C)N.CC(C)NC(=O)CN.CC(C)NC(C)C(N)=O.CC(C)NC(C)CN.CC(C)NCC(C)(C)N.CC(C)NCC(N)=O.CC(C)NCCN(C)C.CCC(C)(C)NC(C)C.CCN(CCN)C(C)C.CNCCN(C)C(C)C.CNCCNC(C)C. The zero-order valence-corrected chi connectivity index (χ0v) is 96.6. The Labute approximate surface area is 819 Å². The van der Waals surface area contributed by atoms with Crippen LogP contribution < -0.4 is 121 Å². The van der Waals surface area contributed by atoms with Gasteiger partial charge in [0, 0.05) is 199 Å². The van der Waals surface area contributed by atoms with Crippen LogP contribution in [0.2, 0.25) is 0 Å². The molecule has 0 aliphatic carbocycles. The summed E-state index contributed by atoms with van der Waals surface area (Å²) in [6.07, 6.45) is 1.19. The third kappa shape index (κ3) is 172. The summed E-state index contributed by atoms with van der Waals surface area (Å²) in [7, 11) is 20.6. The summed E-state index contributed by atoms with van der Waals surface area (Å²) >= 11 is 0. The largest absolute Gasteiger partial charge is 0.369 e. The van der Waals surface area contributed by atoms with Gasteiger partial charge in [0.15, 0.2) is 0 Å². The molecule has 5 atom stereocenters. The summed E-state index contributed by atoms with van der Waals surface area (Å²) < 4.78 is 0. The third-order valence-electron chi connectivity index (χ3n) is 17.7. The molecule has 132 heavy (non-hydrogen) atoms. The van der Waals surface area contributed by atoms with Gasteiger partial charge in [0.25, 0.3) is 0 Å². The first-order valence-corrected chi connectivity index (χ1v) is 49.2. The molecule has 0 aromatic rings. The second kappa shape index (κ2) is 107. The minimum Gasteiger partial charge on any atom is -0.369 e. The average Bonchev–Trinajstić information content (AvgIpc) is 0.926. The number of nitrogens with one attached hydrogen (secondary N) is 12. The van der Waals surface area contributed by atoms with Gasteiger partial charge in [-0.15, -0.1) is 0 Å². The first-order valence-electron chi connectivity index (χ1n) is 49.2. The van der Waals surface area contributed by atoms with E-state index in [0.29, 0.717) is 84.1 Å². The number of nitrogens with zero attached hydrogens (tertiary/aromatic N) is 7. The Balaban J connectivity index is -0.0000000855. The fourth-order valence-electron chi connectivity index (χ4n) is 8.37. The van der Waals surface area contributed by atoms with Crippen molar-refractivity contribution in [1.29, 1.82) is 0 Å². The second-order valence-electron chi connectivity index (χ2n) is 39.7. The number of carbonyl (C=O) groups is 6. The topological polar surface area (TPSA) is 530 Å². The number of hydrogen-bond donors (Lipinski definition) is 22. The molecule has 0 aliphatic heterocycles. The van der Waals surface area contributed by atoms with E-state index in [1.807, 2.05) is 130 Å². The number of rotatable bonds is 47. The molecule has 0 fully saturated rings. The van der Waals surface area contributed by atoms with Crippen molar-refractivity contribution in [2.45, 2.75) is 422 Å². The fourth-order valence-corrected chi connectivity index (χ4v) is 8.37. The Morgan fingerprint density at radius 2 is 0.735 bits per heavy atom. The highest BCUT2D eigenvalue weighted by molar-refractivity contribution is 5.82. The van der Waals surface area contributed by atoms with Gasteiger partial charge in [-0.25, -0.2) is 0 Å². The maximum absolute atomic E-state index is 10.7. The Morgan fingerprint density at radius 1 is 0.371 bits per heavy atom. The van der Waals surface area contributed by atoms with Crippen LogP contribution >= 0.6 is 0 Å². The van der Waals surface area contributed by atoms with Gasteiger partial charge in [-0.3, -0.25) is 38.6 Å². The van der Waals surface area contributed by atoms with Gasteiger partial charge in [0.1, 0.15) is 0 Å². The van der Waals surface area contributed by atoms with Crippen LogP contribution in [-0.4, -0.2) is 383 Å². The van der Waals surface area contributed by atoms with Gasteiger partial charge < -0.3 is 146 Å². The predicted octanol–water partition coefficient (Wildman–Crippen LogP) is 5.09. The van der Waals surface area contributed by atoms with E-state index in [0.717, 1.165) is 98.2 Å². The number of likely N-dealkylation sites (N-methyl/N-ethyl adjacent to an activating group) is 9.